The minimum absolute atomic E-state index is 0.0878. The molecule has 0 saturated carbocycles. The molecule has 2 heterocycles. The summed E-state index contributed by atoms with van der Waals surface area (Å²) in [5.41, 5.74) is 1.76. The number of ether oxygens (including phenoxy) is 3. The Morgan fingerprint density at radius 1 is 1.26 bits per heavy atom. The molecule has 1 atom stereocenters. The van der Waals surface area contributed by atoms with Gasteiger partial charge in [0.25, 0.3) is 0 Å². The van der Waals surface area contributed by atoms with Crippen LogP contribution in [0, 0.1) is 6.92 Å². The van der Waals surface area contributed by atoms with E-state index in [4.69, 9.17) is 25.8 Å². The van der Waals surface area contributed by atoms with E-state index in [2.05, 4.69) is 15.5 Å². The maximum Gasteiger partial charge on any atom is 0.234 e. The number of methoxy groups -OCH3 is 1. The number of carbonyl (C=O) groups is 1. The van der Waals surface area contributed by atoms with Crippen LogP contribution in [0.25, 0.3) is 0 Å². The molecule has 8 nitrogen and oxygen atoms in total. The Morgan fingerprint density at radius 2 is 2.09 bits per heavy atom. The van der Waals surface area contributed by atoms with Crippen LogP contribution in [0.2, 0.25) is 5.02 Å². The van der Waals surface area contributed by atoms with Gasteiger partial charge in [0.2, 0.25) is 5.91 Å². The van der Waals surface area contributed by atoms with E-state index in [1.807, 2.05) is 29.7 Å². The molecule has 2 aromatic carbocycles. The summed E-state index contributed by atoms with van der Waals surface area (Å²) in [6.45, 7) is 3.55. The third kappa shape index (κ3) is 6.43. The summed E-state index contributed by atoms with van der Waals surface area (Å²) in [6.07, 6.45) is 2.10. The van der Waals surface area contributed by atoms with Gasteiger partial charge in [0, 0.05) is 12.3 Å². The first-order chi connectivity index (χ1) is 16.5. The number of thioether (sulfide) groups is 1. The zero-order valence-corrected chi connectivity index (χ0v) is 20.7. The lowest BCUT2D eigenvalue weighted by Crippen LogP contribution is -2.19. The maximum absolute atomic E-state index is 12.5. The maximum atomic E-state index is 12.5. The molecule has 1 aromatic heterocycles. The summed E-state index contributed by atoms with van der Waals surface area (Å²) in [4.78, 5) is 12.5. The van der Waals surface area contributed by atoms with Crippen molar-refractivity contribution in [1.82, 2.24) is 14.8 Å². The van der Waals surface area contributed by atoms with Crippen LogP contribution in [-0.2, 0) is 22.7 Å². The monoisotopic (exact) mass is 502 g/mol. The second-order valence-electron chi connectivity index (χ2n) is 7.93. The fourth-order valence-electron chi connectivity index (χ4n) is 3.57. The minimum Gasteiger partial charge on any atom is -0.497 e. The van der Waals surface area contributed by atoms with Crippen LogP contribution in [0.3, 0.4) is 0 Å². The molecule has 1 fully saturated rings. The number of nitrogens with zero attached hydrogens (tertiary/aromatic N) is 3. The first-order valence-electron chi connectivity index (χ1n) is 11.0. The van der Waals surface area contributed by atoms with E-state index < -0.39 is 0 Å². The fourth-order valence-corrected chi connectivity index (χ4v) is 4.51. The van der Waals surface area contributed by atoms with Crippen molar-refractivity contribution >= 4 is 35.0 Å². The van der Waals surface area contributed by atoms with E-state index in [1.165, 1.54) is 11.8 Å². The Bertz CT molecular complexity index is 1120. The van der Waals surface area contributed by atoms with E-state index in [-0.39, 0.29) is 24.4 Å². The van der Waals surface area contributed by atoms with Crippen molar-refractivity contribution in [3.63, 3.8) is 0 Å². The highest BCUT2D eigenvalue weighted by Gasteiger charge is 2.22. The molecule has 0 spiro atoms. The van der Waals surface area contributed by atoms with Gasteiger partial charge in [-0.2, -0.15) is 0 Å². The smallest absolute Gasteiger partial charge is 0.234 e. The Balaban J connectivity index is 1.42. The molecular formula is C24H27ClN4O4S. The predicted molar refractivity (Wildman–Crippen MR) is 132 cm³/mol. The molecule has 3 aromatic rings. The van der Waals surface area contributed by atoms with E-state index in [1.54, 1.807) is 31.4 Å². The topological polar surface area (TPSA) is 87.5 Å². The molecule has 1 saturated heterocycles. The molecule has 0 bridgehead atoms. The van der Waals surface area contributed by atoms with Gasteiger partial charge in [0.15, 0.2) is 11.0 Å². The number of benzene rings is 2. The molecule has 10 heteroatoms. The van der Waals surface area contributed by atoms with E-state index in [0.29, 0.717) is 34.0 Å². The van der Waals surface area contributed by atoms with E-state index >= 15 is 0 Å². The second-order valence-corrected chi connectivity index (χ2v) is 9.28. The summed E-state index contributed by atoms with van der Waals surface area (Å²) in [5, 5.41) is 12.7. The van der Waals surface area contributed by atoms with Crippen LogP contribution in [0.4, 0.5) is 5.69 Å². The van der Waals surface area contributed by atoms with Gasteiger partial charge in [0.1, 0.15) is 18.1 Å². The third-order valence-corrected chi connectivity index (χ3v) is 6.63. The van der Waals surface area contributed by atoms with E-state index in [9.17, 15) is 4.79 Å². The zero-order valence-electron chi connectivity index (χ0n) is 19.1. The SMILES string of the molecule is COc1ccc(NC(=O)CSc2nnc(COc3cc(C)ccc3Cl)n2C[C@@H]2CCCO2)cc1. The molecular weight excluding hydrogens is 476 g/mol. The standard InChI is InChI=1S/C24H27ClN4O4S/c1-16-5-10-20(25)21(12-16)33-14-22-27-28-24(29(22)13-19-4-3-11-32-19)34-15-23(30)26-17-6-8-18(31-2)9-7-17/h5-10,12,19H,3-4,11,13-15H2,1-2H3,(H,26,30)/t19-/m0/s1. The molecule has 1 aliphatic rings. The summed E-state index contributed by atoms with van der Waals surface area (Å²) in [7, 11) is 1.60. The summed E-state index contributed by atoms with van der Waals surface area (Å²) in [6, 6.07) is 12.8. The van der Waals surface area contributed by atoms with Gasteiger partial charge in [-0.3, -0.25) is 4.79 Å². The average Bonchev–Trinajstić information content (AvgIpc) is 3.49. The molecule has 0 unspecified atom stereocenters. The molecule has 1 N–H and O–H groups in total. The molecule has 1 aliphatic heterocycles. The van der Waals surface area contributed by atoms with Gasteiger partial charge in [0.05, 0.1) is 30.5 Å². The molecule has 34 heavy (non-hydrogen) atoms. The van der Waals surface area contributed by atoms with Crippen molar-refractivity contribution in [3.05, 3.63) is 58.9 Å². The number of rotatable bonds is 10. The summed E-state index contributed by atoms with van der Waals surface area (Å²) >= 11 is 7.60. The van der Waals surface area contributed by atoms with Gasteiger partial charge < -0.3 is 24.1 Å². The predicted octanol–water partition coefficient (Wildman–Crippen LogP) is 4.74. The number of amides is 1. The quantitative estimate of drug-likeness (QED) is 0.401. The van der Waals surface area contributed by atoms with Crippen LogP contribution in [0.5, 0.6) is 11.5 Å². The van der Waals surface area contributed by atoms with Crippen LogP contribution in [-0.4, -0.2) is 46.2 Å². The number of carbonyl (C=O) groups excluding carboxylic acids is 1. The second kappa shape index (κ2) is 11.6. The normalized spacial score (nSPS) is 15.3. The number of aromatic nitrogens is 3. The van der Waals surface area contributed by atoms with Crippen molar-refractivity contribution in [2.75, 3.05) is 24.8 Å². The number of aryl methyl sites for hydroxylation is 1. The Kier molecular flexibility index (Phi) is 8.31. The zero-order chi connectivity index (χ0) is 23.9. The molecule has 0 radical (unpaired) electrons. The van der Waals surface area contributed by atoms with Gasteiger partial charge in [-0.15, -0.1) is 10.2 Å². The highest BCUT2D eigenvalue weighted by atomic mass is 35.5. The Hall–Kier alpha value is -2.75. The third-order valence-electron chi connectivity index (χ3n) is 5.35. The van der Waals surface area contributed by atoms with Gasteiger partial charge >= 0.3 is 0 Å². The van der Waals surface area contributed by atoms with Crippen molar-refractivity contribution in [2.45, 2.75) is 44.2 Å². The van der Waals surface area contributed by atoms with Gasteiger partial charge in [-0.05, 0) is 61.7 Å². The first-order valence-corrected chi connectivity index (χ1v) is 12.4. The molecule has 4 rings (SSSR count). The summed E-state index contributed by atoms with van der Waals surface area (Å²) < 4.78 is 18.9. The minimum atomic E-state index is -0.133. The Labute approximate surface area is 207 Å². The van der Waals surface area contributed by atoms with Crippen LogP contribution < -0.4 is 14.8 Å². The van der Waals surface area contributed by atoms with Crippen LogP contribution in [0.15, 0.2) is 47.6 Å². The van der Waals surface area contributed by atoms with Crippen molar-refractivity contribution in [1.29, 1.82) is 0 Å². The van der Waals surface area contributed by atoms with Gasteiger partial charge in [-0.25, -0.2) is 0 Å². The molecule has 1 amide bonds. The van der Waals surface area contributed by atoms with Crippen molar-refractivity contribution < 1.29 is 19.0 Å². The Morgan fingerprint density at radius 3 is 2.82 bits per heavy atom. The molecule has 180 valence electrons. The largest absolute Gasteiger partial charge is 0.497 e. The van der Waals surface area contributed by atoms with E-state index in [0.717, 1.165) is 30.8 Å². The van der Waals surface area contributed by atoms with Crippen LogP contribution in [0.1, 0.15) is 24.2 Å². The lowest BCUT2D eigenvalue weighted by Gasteiger charge is -2.15. The lowest BCUT2D eigenvalue weighted by molar-refractivity contribution is -0.113. The van der Waals surface area contributed by atoms with Gasteiger partial charge in [-0.1, -0.05) is 29.4 Å². The number of hydrogen-bond acceptors (Lipinski definition) is 7. The highest BCUT2D eigenvalue weighted by Crippen LogP contribution is 2.27. The highest BCUT2D eigenvalue weighted by molar-refractivity contribution is 7.99. The summed E-state index contributed by atoms with van der Waals surface area (Å²) in [5.74, 6) is 2.05. The number of anilines is 1. The fraction of sp³-hybridized carbons (Fsp3) is 0.375. The number of hydrogen-bond donors (Lipinski definition) is 1. The van der Waals surface area contributed by atoms with Crippen molar-refractivity contribution in [3.8, 4) is 11.5 Å². The van der Waals surface area contributed by atoms with Crippen LogP contribution >= 0.6 is 23.4 Å². The average molecular weight is 503 g/mol. The first kappa shape index (κ1) is 24.4. The molecule has 0 aliphatic carbocycles. The number of halogens is 1. The number of nitrogens with one attached hydrogen (secondary N) is 1. The lowest BCUT2D eigenvalue weighted by atomic mass is 10.2. The van der Waals surface area contributed by atoms with Crippen molar-refractivity contribution in [2.24, 2.45) is 0 Å².